The molecule has 0 aliphatic heterocycles. The van der Waals surface area contributed by atoms with Crippen LogP contribution in [0.5, 0.6) is 0 Å². The van der Waals surface area contributed by atoms with Gasteiger partial charge in [-0.1, -0.05) is 0 Å². The molecule has 0 aliphatic carbocycles. The zero-order chi connectivity index (χ0) is 12.7. The molecular weight excluding hydrogens is 438 g/mol. The molecule has 0 saturated heterocycles. The van der Waals surface area contributed by atoms with Crippen molar-refractivity contribution in [3.63, 3.8) is 0 Å². The van der Waals surface area contributed by atoms with Gasteiger partial charge in [0.2, 0.25) is 0 Å². The Balaban J connectivity index is 2.38. The standard InChI is InChI=1S/C13H16I2N2/c1-6-8(3)12(14)16-10(6)5-11-7(2)9(4)13(15)17-11/h16-17H,5H2,1-4H3. The van der Waals surface area contributed by atoms with Gasteiger partial charge < -0.3 is 9.97 Å². The third-order valence-corrected chi connectivity index (χ3v) is 5.72. The lowest BCUT2D eigenvalue weighted by Gasteiger charge is -2.01. The monoisotopic (exact) mass is 454 g/mol. The first-order valence-corrected chi connectivity index (χ1v) is 7.74. The van der Waals surface area contributed by atoms with Gasteiger partial charge in [-0.3, -0.25) is 0 Å². The van der Waals surface area contributed by atoms with Gasteiger partial charge in [-0.25, -0.2) is 0 Å². The molecule has 2 aromatic rings. The normalized spacial score (nSPS) is 11.2. The van der Waals surface area contributed by atoms with Crippen LogP contribution < -0.4 is 0 Å². The Morgan fingerprint density at radius 2 is 1.06 bits per heavy atom. The van der Waals surface area contributed by atoms with Crippen molar-refractivity contribution in [1.82, 2.24) is 9.97 Å². The summed E-state index contributed by atoms with van der Waals surface area (Å²) in [7, 11) is 0. The molecule has 2 rings (SSSR count). The minimum Gasteiger partial charge on any atom is -0.353 e. The van der Waals surface area contributed by atoms with Gasteiger partial charge >= 0.3 is 0 Å². The van der Waals surface area contributed by atoms with Crippen molar-refractivity contribution in [3.8, 4) is 0 Å². The highest BCUT2D eigenvalue weighted by atomic mass is 127. The maximum atomic E-state index is 3.48. The summed E-state index contributed by atoms with van der Waals surface area (Å²) in [6.45, 7) is 8.74. The van der Waals surface area contributed by atoms with E-state index in [-0.39, 0.29) is 0 Å². The van der Waals surface area contributed by atoms with Crippen LogP contribution in [0.3, 0.4) is 0 Å². The van der Waals surface area contributed by atoms with Gasteiger partial charge in [0, 0.05) is 17.8 Å². The van der Waals surface area contributed by atoms with Crippen molar-refractivity contribution >= 4 is 45.2 Å². The number of hydrogen-bond donors (Lipinski definition) is 2. The zero-order valence-corrected chi connectivity index (χ0v) is 14.8. The number of rotatable bonds is 2. The van der Waals surface area contributed by atoms with Gasteiger partial charge in [0.15, 0.2) is 0 Å². The zero-order valence-electron chi connectivity index (χ0n) is 10.5. The predicted molar refractivity (Wildman–Crippen MR) is 88.8 cm³/mol. The second-order valence-electron chi connectivity index (χ2n) is 4.51. The van der Waals surface area contributed by atoms with Crippen molar-refractivity contribution in [3.05, 3.63) is 41.0 Å². The van der Waals surface area contributed by atoms with Gasteiger partial charge in [-0.05, 0) is 95.1 Å². The largest absolute Gasteiger partial charge is 0.353 e. The first-order chi connectivity index (χ1) is 7.91. The lowest BCUT2D eigenvalue weighted by atomic mass is 10.1. The lowest BCUT2D eigenvalue weighted by molar-refractivity contribution is 1.01. The van der Waals surface area contributed by atoms with Crippen LogP contribution in [0, 0.1) is 35.1 Å². The minimum absolute atomic E-state index is 0.964. The molecule has 0 aliphatic rings. The highest BCUT2D eigenvalue weighted by Gasteiger charge is 2.13. The number of H-pyrrole nitrogens is 2. The maximum absolute atomic E-state index is 3.48. The minimum atomic E-state index is 0.964. The molecule has 0 aromatic carbocycles. The smallest absolute Gasteiger partial charge is 0.0806 e. The summed E-state index contributed by atoms with van der Waals surface area (Å²) in [5.74, 6) is 0. The van der Waals surface area contributed by atoms with Gasteiger partial charge in [-0.2, -0.15) is 0 Å². The van der Waals surface area contributed by atoms with E-state index in [0.717, 1.165) is 6.42 Å². The van der Waals surface area contributed by atoms with Crippen LogP contribution in [0.1, 0.15) is 33.6 Å². The van der Waals surface area contributed by atoms with E-state index >= 15 is 0 Å². The second-order valence-corrected chi connectivity index (χ2v) is 6.67. The van der Waals surface area contributed by atoms with E-state index in [1.54, 1.807) is 0 Å². The summed E-state index contributed by atoms with van der Waals surface area (Å²) < 4.78 is 2.51. The van der Waals surface area contributed by atoms with E-state index in [2.05, 4.69) is 82.8 Å². The molecule has 0 fully saturated rings. The summed E-state index contributed by atoms with van der Waals surface area (Å²) >= 11 is 4.73. The van der Waals surface area contributed by atoms with E-state index in [1.807, 2.05) is 0 Å². The molecule has 0 radical (unpaired) electrons. The molecule has 0 amide bonds. The molecule has 0 saturated carbocycles. The summed E-state index contributed by atoms with van der Waals surface area (Å²) in [5.41, 5.74) is 8.17. The molecule has 0 atom stereocenters. The second kappa shape index (κ2) is 4.95. The van der Waals surface area contributed by atoms with Crippen LogP contribution in [0.25, 0.3) is 0 Å². The highest BCUT2D eigenvalue weighted by Crippen LogP contribution is 2.25. The quantitative estimate of drug-likeness (QED) is 0.632. The molecule has 0 spiro atoms. The van der Waals surface area contributed by atoms with Crippen LogP contribution >= 0.6 is 45.2 Å². The van der Waals surface area contributed by atoms with E-state index in [9.17, 15) is 0 Å². The van der Waals surface area contributed by atoms with Crippen LogP contribution in [0.15, 0.2) is 0 Å². The van der Waals surface area contributed by atoms with E-state index in [1.165, 1.54) is 41.0 Å². The molecule has 0 unspecified atom stereocenters. The molecule has 2 aromatic heterocycles. The Labute approximate surface area is 129 Å². The Morgan fingerprint density at radius 1 is 0.706 bits per heavy atom. The van der Waals surface area contributed by atoms with Crippen molar-refractivity contribution in [2.45, 2.75) is 34.1 Å². The van der Waals surface area contributed by atoms with E-state index in [0.29, 0.717) is 0 Å². The number of halogens is 2. The number of aromatic nitrogens is 2. The fourth-order valence-electron chi connectivity index (χ4n) is 1.95. The number of nitrogens with one attached hydrogen (secondary N) is 2. The first-order valence-electron chi connectivity index (χ1n) is 5.59. The maximum Gasteiger partial charge on any atom is 0.0806 e. The Hall–Kier alpha value is 0.0200. The SMILES string of the molecule is Cc1c(I)[nH]c(Cc2[nH]c(I)c(C)c2C)c1C. The molecule has 2 N–H and O–H groups in total. The number of hydrogen-bond acceptors (Lipinski definition) is 0. The Bertz CT molecular complexity index is 514. The number of aromatic amines is 2. The van der Waals surface area contributed by atoms with Gasteiger partial charge in [0.25, 0.3) is 0 Å². The summed E-state index contributed by atoms with van der Waals surface area (Å²) in [5, 5.41) is 0. The highest BCUT2D eigenvalue weighted by molar-refractivity contribution is 14.1. The molecule has 0 bridgehead atoms. The summed E-state index contributed by atoms with van der Waals surface area (Å²) in [6.07, 6.45) is 0.964. The van der Waals surface area contributed by atoms with E-state index < -0.39 is 0 Å². The van der Waals surface area contributed by atoms with Crippen LogP contribution in [-0.2, 0) is 6.42 Å². The van der Waals surface area contributed by atoms with Crippen molar-refractivity contribution in [2.24, 2.45) is 0 Å². The topological polar surface area (TPSA) is 31.6 Å². The summed E-state index contributed by atoms with van der Waals surface area (Å²) in [4.78, 5) is 6.96. The predicted octanol–water partition coefficient (Wildman–Crippen LogP) is 4.38. The van der Waals surface area contributed by atoms with Crippen LogP contribution in [0.4, 0.5) is 0 Å². The van der Waals surface area contributed by atoms with E-state index in [4.69, 9.17) is 0 Å². The molecule has 2 nitrogen and oxygen atoms in total. The van der Waals surface area contributed by atoms with Gasteiger partial charge in [-0.15, -0.1) is 0 Å². The first kappa shape index (κ1) is 13.5. The average molecular weight is 454 g/mol. The van der Waals surface area contributed by atoms with Crippen LogP contribution in [0.2, 0.25) is 0 Å². The van der Waals surface area contributed by atoms with Crippen LogP contribution in [-0.4, -0.2) is 9.97 Å². The molecule has 17 heavy (non-hydrogen) atoms. The fourth-order valence-corrected chi connectivity index (χ4v) is 3.41. The van der Waals surface area contributed by atoms with Crippen molar-refractivity contribution in [2.75, 3.05) is 0 Å². The van der Waals surface area contributed by atoms with Gasteiger partial charge in [0.05, 0.1) is 7.40 Å². The fraction of sp³-hybridized carbons (Fsp3) is 0.385. The van der Waals surface area contributed by atoms with Crippen molar-refractivity contribution < 1.29 is 0 Å². The molecular formula is C13H16I2N2. The third-order valence-electron chi connectivity index (χ3n) is 3.56. The Morgan fingerprint density at radius 3 is 1.29 bits per heavy atom. The molecule has 4 heteroatoms. The van der Waals surface area contributed by atoms with Crippen molar-refractivity contribution in [1.29, 1.82) is 0 Å². The average Bonchev–Trinajstić information content (AvgIpc) is 2.66. The molecule has 2 heterocycles. The Kier molecular flexibility index (Phi) is 3.92. The van der Waals surface area contributed by atoms with Gasteiger partial charge in [0.1, 0.15) is 0 Å². The summed E-state index contributed by atoms with van der Waals surface area (Å²) in [6, 6.07) is 0. The molecule has 92 valence electrons. The lowest BCUT2D eigenvalue weighted by Crippen LogP contribution is -1.94. The third kappa shape index (κ3) is 2.43.